The Morgan fingerprint density at radius 2 is 1.88 bits per heavy atom. The Labute approximate surface area is 149 Å². The molecule has 0 atom stereocenters. The summed E-state index contributed by atoms with van der Waals surface area (Å²) in [7, 11) is 1.59. The minimum absolute atomic E-state index is 0.447. The van der Waals surface area contributed by atoms with Crippen LogP contribution in [-0.4, -0.2) is 37.3 Å². The van der Waals surface area contributed by atoms with Crippen LogP contribution in [0.2, 0.25) is 0 Å². The zero-order chi connectivity index (χ0) is 17.9. The standard InChI is InChI=1S/C18H15N7O/c1-26-16-11-12(7-8-13(16)17-14(19)5-4-10-21-17)25-23-18(22-24-25)15-6-2-3-9-20-15/h2-11H,19H2,1H3. The Morgan fingerprint density at radius 3 is 2.65 bits per heavy atom. The van der Waals surface area contributed by atoms with Gasteiger partial charge in [-0.2, -0.15) is 0 Å². The van der Waals surface area contributed by atoms with Gasteiger partial charge in [0.15, 0.2) is 0 Å². The van der Waals surface area contributed by atoms with Gasteiger partial charge < -0.3 is 10.5 Å². The lowest BCUT2D eigenvalue weighted by Gasteiger charge is -2.11. The fourth-order valence-electron chi connectivity index (χ4n) is 2.56. The van der Waals surface area contributed by atoms with Crippen molar-refractivity contribution in [2.75, 3.05) is 12.8 Å². The van der Waals surface area contributed by atoms with E-state index in [1.54, 1.807) is 31.6 Å². The molecule has 2 N–H and O–H groups in total. The largest absolute Gasteiger partial charge is 0.496 e. The van der Waals surface area contributed by atoms with Crippen LogP contribution in [0.15, 0.2) is 60.9 Å². The number of rotatable bonds is 4. The van der Waals surface area contributed by atoms with Crippen LogP contribution in [0.1, 0.15) is 0 Å². The Hall–Kier alpha value is -3.81. The molecule has 3 aromatic heterocycles. The van der Waals surface area contributed by atoms with Gasteiger partial charge in [0.1, 0.15) is 11.4 Å². The smallest absolute Gasteiger partial charge is 0.223 e. The molecule has 0 fully saturated rings. The molecule has 4 aromatic rings. The van der Waals surface area contributed by atoms with Gasteiger partial charge in [-0.05, 0) is 41.6 Å². The first-order chi connectivity index (χ1) is 12.8. The van der Waals surface area contributed by atoms with Crippen molar-refractivity contribution in [2.24, 2.45) is 0 Å². The topological polar surface area (TPSA) is 105 Å². The van der Waals surface area contributed by atoms with E-state index in [0.717, 1.165) is 5.56 Å². The van der Waals surface area contributed by atoms with Crippen LogP contribution in [0.3, 0.4) is 0 Å². The van der Waals surface area contributed by atoms with E-state index in [9.17, 15) is 0 Å². The maximum Gasteiger partial charge on any atom is 0.223 e. The third-order valence-electron chi connectivity index (χ3n) is 3.82. The summed E-state index contributed by atoms with van der Waals surface area (Å²) in [6.45, 7) is 0. The SMILES string of the molecule is COc1cc(-n2nnc(-c3ccccn3)n2)ccc1-c1ncccc1N. The minimum atomic E-state index is 0.447. The van der Waals surface area contributed by atoms with Crippen LogP contribution < -0.4 is 10.5 Å². The highest BCUT2D eigenvalue weighted by Gasteiger charge is 2.14. The van der Waals surface area contributed by atoms with Crippen LogP contribution in [0.5, 0.6) is 5.75 Å². The Bertz CT molecular complexity index is 1050. The van der Waals surface area contributed by atoms with E-state index in [0.29, 0.717) is 34.3 Å². The lowest BCUT2D eigenvalue weighted by molar-refractivity contribution is 0.416. The zero-order valence-corrected chi connectivity index (χ0v) is 13.9. The molecule has 0 spiro atoms. The van der Waals surface area contributed by atoms with E-state index >= 15 is 0 Å². The molecule has 0 saturated carbocycles. The second-order valence-corrected chi connectivity index (χ2v) is 5.44. The van der Waals surface area contributed by atoms with Gasteiger partial charge in [-0.3, -0.25) is 9.97 Å². The average Bonchev–Trinajstić information content (AvgIpc) is 3.19. The van der Waals surface area contributed by atoms with Gasteiger partial charge in [0.05, 0.1) is 24.2 Å². The molecule has 0 saturated heterocycles. The van der Waals surface area contributed by atoms with E-state index in [-0.39, 0.29) is 0 Å². The van der Waals surface area contributed by atoms with Crippen molar-refractivity contribution in [1.29, 1.82) is 0 Å². The summed E-state index contributed by atoms with van der Waals surface area (Å²) in [5, 5.41) is 12.5. The Balaban J connectivity index is 1.73. The molecular weight excluding hydrogens is 330 g/mol. The second-order valence-electron chi connectivity index (χ2n) is 5.44. The maximum absolute atomic E-state index is 6.03. The summed E-state index contributed by atoms with van der Waals surface area (Å²) in [5.41, 5.74) is 9.42. The van der Waals surface area contributed by atoms with Crippen LogP contribution in [0, 0.1) is 0 Å². The van der Waals surface area contributed by atoms with Crippen LogP contribution >= 0.6 is 0 Å². The van der Waals surface area contributed by atoms with Crippen LogP contribution in [-0.2, 0) is 0 Å². The normalized spacial score (nSPS) is 10.7. The van der Waals surface area contributed by atoms with E-state index < -0.39 is 0 Å². The Kier molecular flexibility index (Phi) is 3.98. The summed E-state index contributed by atoms with van der Waals surface area (Å²) < 4.78 is 5.51. The summed E-state index contributed by atoms with van der Waals surface area (Å²) in [5.74, 6) is 1.06. The molecular formula is C18H15N7O. The number of hydrogen-bond donors (Lipinski definition) is 1. The molecule has 0 unspecified atom stereocenters. The molecule has 1 aromatic carbocycles. The van der Waals surface area contributed by atoms with Gasteiger partial charge in [-0.15, -0.1) is 15.0 Å². The van der Waals surface area contributed by atoms with Crippen molar-refractivity contribution in [2.45, 2.75) is 0 Å². The van der Waals surface area contributed by atoms with Crippen molar-refractivity contribution in [3.05, 3.63) is 60.9 Å². The molecule has 0 aliphatic heterocycles. The molecule has 4 rings (SSSR count). The number of anilines is 1. The zero-order valence-electron chi connectivity index (χ0n) is 13.9. The Morgan fingerprint density at radius 1 is 1.00 bits per heavy atom. The third-order valence-corrected chi connectivity index (χ3v) is 3.82. The highest BCUT2D eigenvalue weighted by atomic mass is 16.5. The van der Waals surface area contributed by atoms with Gasteiger partial charge in [0.2, 0.25) is 5.82 Å². The second kappa shape index (κ2) is 6.60. The lowest BCUT2D eigenvalue weighted by atomic mass is 10.1. The molecule has 128 valence electrons. The van der Waals surface area contributed by atoms with Crippen molar-refractivity contribution in [3.63, 3.8) is 0 Å². The molecule has 8 heteroatoms. The maximum atomic E-state index is 6.03. The van der Waals surface area contributed by atoms with Crippen molar-refractivity contribution in [1.82, 2.24) is 30.2 Å². The molecule has 0 aliphatic rings. The number of ether oxygens (including phenoxy) is 1. The van der Waals surface area contributed by atoms with E-state index in [4.69, 9.17) is 10.5 Å². The number of methoxy groups -OCH3 is 1. The number of nitrogens with zero attached hydrogens (tertiary/aromatic N) is 6. The molecule has 8 nitrogen and oxygen atoms in total. The number of pyridine rings is 2. The van der Waals surface area contributed by atoms with Gasteiger partial charge >= 0.3 is 0 Å². The number of nitrogens with two attached hydrogens (primary N) is 1. The summed E-state index contributed by atoms with van der Waals surface area (Å²) in [6.07, 6.45) is 3.38. The highest BCUT2D eigenvalue weighted by Crippen LogP contribution is 2.33. The summed E-state index contributed by atoms with van der Waals surface area (Å²) >= 11 is 0. The quantitative estimate of drug-likeness (QED) is 0.605. The monoisotopic (exact) mass is 345 g/mol. The number of hydrogen-bond acceptors (Lipinski definition) is 7. The average molecular weight is 345 g/mol. The molecule has 0 radical (unpaired) electrons. The van der Waals surface area contributed by atoms with Crippen molar-refractivity contribution in [3.8, 4) is 34.2 Å². The first-order valence-corrected chi connectivity index (χ1v) is 7.87. The lowest BCUT2D eigenvalue weighted by Crippen LogP contribution is -2.01. The number of nitrogen functional groups attached to an aromatic ring is 1. The predicted octanol–water partition coefficient (Wildman–Crippen LogP) is 2.38. The summed E-state index contributed by atoms with van der Waals surface area (Å²) in [4.78, 5) is 10.00. The molecule has 0 aliphatic carbocycles. The van der Waals surface area contributed by atoms with Crippen molar-refractivity contribution >= 4 is 5.69 Å². The number of aromatic nitrogens is 6. The minimum Gasteiger partial charge on any atom is -0.496 e. The first kappa shape index (κ1) is 15.7. The molecule has 26 heavy (non-hydrogen) atoms. The van der Waals surface area contributed by atoms with Gasteiger partial charge in [0.25, 0.3) is 0 Å². The van der Waals surface area contributed by atoms with Crippen LogP contribution in [0.4, 0.5) is 5.69 Å². The fraction of sp³-hybridized carbons (Fsp3) is 0.0556. The fourth-order valence-corrected chi connectivity index (χ4v) is 2.56. The highest BCUT2D eigenvalue weighted by molar-refractivity contribution is 5.77. The molecule has 3 heterocycles. The van der Waals surface area contributed by atoms with Gasteiger partial charge in [-0.25, -0.2) is 0 Å². The summed E-state index contributed by atoms with van der Waals surface area (Å²) in [6, 6.07) is 14.7. The van der Waals surface area contributed by atoms with E-state index in [2.05, 4.69) is 25.4 Å². The number of benzene rings is 1. The van der Waals surface area contributed by atoms with E-state index in [1.165, 1.54) is 4.80 Å². The first-order valence-electron chi connectivity index (χ1n) is 7.87. The molecule has 0 bridgehead atoms. The predicted molar refractivity (Wildman–Crippen MR) is 96.6 cm³/mol. The van der Waals surface area contributed by atoms with Crippen molar-refractivity contribution < 1.29 is 4.74 Å². The van der Waals surface area contributed by atoms with Gasteiger partial charge in [-0.1, -0.05) is 6.07 Å². The van der Waals surface area contributed by atoms with E-state index in [1.807, 2.05) is 36.4 Å². The van der Waals surface area contributed by atoms with Crippen LogP contribution in [0.25, 0.3) is 28.5 Å². The number of tetrazole rings is 1. The van der Waals surface area contributed by atoms with Gasteiger partial charge in [0, 0.05) is 24.0 Å². The third kappa shape index (κ3) is 2.84. The molecule has 0 amide bonds.